The number of aromatic nitrogens is 2. The van der Waals surface area contributed by atoms with Gasteiger partial charge in [0.05, 0.1) is 6.10 Å². The van der Waals surface area contributed by atoms with Crippen LogP contribution in [0.1, 0.15) is 24.7 Å². The Labute approximate surface area is 77.1 Å². The summed E-state index contributed by atoms with van der Waals surface area (Å²) in [5, 5.41) is 6.88. The quantitative estimate of drug-likeness (QED) is 0.739. The molecule has 0 atom stereocenters. The lowest BCUT2D eigenvalue weighted by Gasteiger charge is -2.32. The molecule has 1 aliphatic rings. The Morgan fingerprint density at radius 2 is 2.14 bits per heavy atom. The maximum absolute atomic E-state index is 11.7. The summed E-state index contributed by atoms with van der Waals surface area (Å²) >= 11 is 0. The summed E-state index contributed by atoms with van der Waals surface area (Å²) in [5.41, 5.74) is 0. The molecule has 0 aliphatic heterocycles. The number of ether oxygens (including phenoxy) is 1. The first-order valence-electron chi connectivity index (χ1n) is 3.98. The SMILES string of the molecule is FC(F)(F)O[C@H]1C[C@H](c2nn[c]o2)C1. The predicted octanol–water partition coefficient (Wildman–Crippen LogP) is 1.65. The molecule has 2 rings (SSSR count). The molecule has 1 fully saturated rings. The Balaban J connectivity index is 1.80. The topological polar surface area (TPSA) is 48.2 Å². The Hall–Kier alpha value is -1.11. The number of hydrogen-bond donors (Lipinski definition) is 0. The standard InChI is InChI=1S/C7H6F3N2O2/c8-7(9,10)14-5-1-4(2-5)6-12-11-3-13-6/h4-5H,1-2H2/t4-,5-. The zero-order chi connectivity index (χ0) is 10.2. The van der Waals surface area contributed by atoms with Gasteiger partial charge in [0, 0.05) is 5.92 Å². The van der Waals surface area contributed by atoms with Gasteiger partial charge in [0.1, 0.15) is 0 Å². The van der Waals surface area contributed by atoms with Crippen molar-refractivity contribution < 1.29 is 22.3 Å². The van der Waals surface area contributed by atoms with Crippen LogP contribution in [0.4, 0.5) is 13.2 Å². The molecular formula is C7H6F3N2O2. The van der Waals surface area contributed by atoms with Crippen LogP contribution in [0.15, 0.2) is 4.42 Å². The van der Waals surface area contributed by atoms with Gasteiger partial charge in [-0.15, -0.1) is 23.4 Å². The lowest BCUT2D eigenvalue weighted by atomic mass is 9.82. The highest BCUT2D eigenvalue weighted by Crippen LogP contribution is 2.40. The molecule has 14 heavy (non-hydrogen) atoms. The van der Waals surface area contributed by atoms with Crippen LogP contribution in [0.2, 0.25) is 0 Å². The van der Waals surface area contributed by atoms with Crippen molar-refractivity contribution in [3.05, 3.63) is 12.3 Å². The number of hydrogen-bond acceptors (Lipinski definition) is 4. The van der Waals surface area contributed by atoms with Crippen molar-refractivity contribution in [2.24, 2.45) is 0 Å². The molecule has 7 heteroatoms. The number of halogens is 3. The van der Waals surface area contributed by atoms with E-state index in [9.17, 15) is 13.2 Å². The Morgan fingerprint density at radius 3 is 2.64 bits per heavy atom. The van der Waals surface area contributed by atoms with Crippen LogP contribution in [0.25, 0.3) is 0 Å². The maximum atomic E-state index is 11.7. The molecule has 1 radical (unpaired) electrons. The monoisotopic (exact) mass is 207 g/mol. The molecule has 1 aromatic heterocycles. The van der Waals surface area contributed by atoms with Crippen molar-refractivity contribution in [2.75, 3.05) is 0 Å². The number of nitrogens with zero attached hydrogens (tertiary/aromatic N) is 2. The van der Waals surface area contributed by atoms with Gasteiger partial charge in [0.15, 0.2) is 0 Å². The van der Waals surface area contributed by atoms with Crippen molar-refractivity contribution in [2.45, 2.75) is 31.2 Å². The second kappa shape index (κ2) is 3.23. The van der Waals surface area contributed by atoms with E-state index in [0.717, 1.165) is 0 Å². The average molecular weight is 207 g/mol. The third-order valence-electron chi connectivity index (χ3n) is 2.08. The Morgan fingerprint density at radius 1 is 1.43 bits per heavy atom. The van der Waals surface area contributed by atoms with E-state index in [4.69, 9.17) is 4.42 Å². The van der Waals surface area contributed by atoms with Gasteiger partial charge in [-0.25, -0.2) is 0 Å². The summed E-state index contributed by atoms with van der Waals surface area (Å²) in [6.07, 6.45) is -2.68. The first-order chi connectivity index (χ1) is 6.54. The van der Waals surface area contributed by atoms with E-state index in [-0.39, 0.29) is 18.8 Å². The summed E-state index contributed by atoms with van der Waals surface area (Å²) in [7, 11) is 0. The highest BCUT2D eigenvalue weighted by Gasteiger charge is 2.42. The lowest BCUT2D eigenvalue weighted by Crippen LogP contribution is -2.34. The third kappa shape index (κ3) is 2.03. The minimum Gasteiger partial charge on any atom is -0.417 e. The number of rotatable bonds is 2. The van der Waals surface area contributed by atoms with Crippen LogP contribution in [0.3, 0.4) is 0 Å². The summed E-state index contributed by atoms with van der Waals surface area (Å²) < 4.78 is 43.7. The molecule has 0 amide bonds. The molecule has 4 nitrogen and oxygen atoms in total. The van der Waals surface area contributed by atoms with Gasteiger partial charge in [0.2, 0.25) is 5.89 Å². The molecule has 0 aromatic carbocycles. The van der Waals surface area contributed by atoms with Crippen LogP contribution in [-0.2, 0) is 4.74 Å². The van der Waals surface area contributed by atoms with Crippen molar-refractivity contribution in [3.8, 4) is 0 Å². The molecular weight excluding hydrogens is 201 g/mol. The van der Waals surface area contributed by atoms with Gasteiger partial charge in [0.25, 0.3) is 0 Å². The van der Waals surface area contributed by atoms with E-state index in [1.165, 1.54) is 0 Å². The lowest BCUT2D eigenvalue weighted by molar-refractivity contribution is -0.352. The van der Waals surface area contributed by atoms with Crippen molar-refractivity contribution >= 4 is 0 Å². The zero-order valence-corrected chi connectivity index (χ0v) is 6.91. The van der Waals surface area contributed by atoms with Gasteiger partial charge >= 0.3 is 12.8 Å². The fraction of sp³-hybridized carbons (Fsp3) is 0.714. The largest absolute Gasteiger partial charge is 0.522 e. The summed E-state index contributed by atoms with van der Waals surface area (Å²) in [6, 6.07) is 0. The first kappa shape index (κ1) is 9.45. The fourth-order valence-electron chi connectivity index (χ4n) is 1.37. The van der Waals surface area contributed by atoms with Crippen molar-refractivity contribution in [3.63, 3.8) is 0 Å². The average Bonchev–Trinajstić information content (AvgIpc) is 2.45. The molecule has 0 bridgehead atoms. The van der Waals surface area contributed by atoms with E-state index in [1.807, 2.05) is 0 Å². The third-order valence-corrected chi connectivity index (χ3v) is 2.08. The molecule has 0 spiro atoms. The molecule has 1 aliphatic carbocycles. The van der Waals surface area contributed by atoms with E-state index in [1.54, 1.807) is 0 Å². The van der Waals surface area contributed by atoms with Crippen LogP contribution < -0.4 is 0 Å². The summed E-state index contributed by atoms with van der Waals surface area (Å²) in [5.74, 6) is 0.202. The van der Waals surface area contributed by atoms with Crippen LogP contribution >= 0.6 is 0 Å². The van der Waals surface area contributed by atoms with Gasteiger partial charge in [-0.1, -0.05) is 0 Å². The molecule has 0 unspecified atom stereocenters. The van der Waals surface area contributed by atoms with Gasteiger partial charge < -0.3 is 4.42 Å². The highest BCUT2D eigenvalue weighted by molar-refractivity contribution is 4.98. The second-order valence-electron chi connectivity index (χ2n) is 3.09. The normalized spacial score (nSPS) is 27.4. The minimum atomic E-state index is -4.56. The smallest absolute Gasteiger partial charge is 0.417 e. The highest BCUT2D eigenvalue weighted by atomic mass is 19.4. The molecule has 0 saturated heterocycles. The first-order valence-corrected chi connectivity index (χ1v) is 3.98. The van der Waals surface area contributed by atoms with E-state index < -0.39 is 12.5 Å². The van der Waals surface area contributed by atoms with E-state index >= 15 is 0 Å². The summed E-state index contributed by atoms with van der Waals surface area (Å²) in [4.78, 5) is 0. The van der Waals surface area contributed by atoms with Crippen LogP contribution in [-0.4, -0.2) is 22.7 Å². The van der Waals surface area contributed by atoms with Crippen LogP contribution in [0.5, 0.6) is 0 Å². The van der Waals surface area contributed by atoms with Gasteiger partial charge in [-0.05, 0) is 12.8 Å². The molecule has 77 valence electrons. The molecule has 1 heterocycles. The molecule has 1 saturated carbocycles. The van der Waals surface area contributed by atoms with Gasteiger partial charge in [-0.3, -0.25) is 4.74 Å². The minimum absolute atomic E-state index is 0.124. The van der Waals surface area contributed by atoms with Gasteiger partial charge in [-0.2, -0.15) is 0 Å². The molecule has 0 N–H and O–H groups in total. The Bertz CT molecular complexity index is 292. The second-order valence-corrected chi connectivity index (χ2v) is 3.09. The van der Waals surface area contributed by atoms with Crippen LogP contribution in [0, 0.1) is 6.39 Å². The fourth-order valence-corrected chi connectivity index (χ4v) is 1.37. The predicted molar refractivity (Wildman–Crippen MR) is 36.0 cm³/mol. The van der Waals surface area contributed by atoms with Crippen molar-refractivity contribution in [1.82, 2.24) is 10.2 Å². The number of alkyl halides is 3. The van der Waals surface area contributed by atoms with E-state index in [2.05, 4.69) is 21.3 Å². The maximum Gasteiger partial charge on any atom is 0.522 e. The summed E-state index contributed by atoms with van der Waals surface area (Å²) in [6.45, 7) is 0. The Kier molecular flexibility index (Phi) is 2.18. The molecule has 1 aromatic rings. The zero-order valence-electron chi connectivity index (χ0n) is 6.91. The van der Waals surface area contributed by atoms with Crippen molar-refractivity contribution in [1.29, 1.82) is 0 Å². The van der Waals surface area contributed by atoms with E-state index in [0.29, 0.717) is 5.89 Å².